The third kappa shape index (κ3) is 8.00. The Balaban J connectivity index is 1.29. The predicted octanol–water partition coefficient (Wildman–Crippen LogP) is 5.87. The van der Waals surface area contributed by atoms with Gasteiger partial charge in [0.2, 0.25) is 0 Å². The molecule has 2 aliphatic rings. The second kappa shape index (κ2) is 13.6. The lowest BCUT2D eigenvalue weighted by Gasteiger charge is -2.27. The summed E-state index contributed by atoms with van der Waals surface area (Å²) < 4.78 is 0. The number of aliphatic hydroxyl groups is 1. The Morgan fingerprint density at radius 1 is 1.10 bits per heavy atom. The first-order valence-corrected chi connectivity index (χ1v) is 13.0. The molecule has 6 heteroatoms. The minimum absolute atomic E-state index is 0.133. The first-order valence-electron chi connectivity index (χ1n) is 12.0. The van der Waals surface area contributed by atoms with Crippen LogP contribution in [0.1, 0.15) is 83.1 Å². The van der Waals surface area contributed by atoms with Crippen LogP contribution < -0.4 is 5.43 Å². The summed E-state index contributed by atoms with van der Waals surface area (Å²) in [6.07, 6.45) is 16.3. The minimum Gasteiger partial charge on any atom is -0.393 e. The van der Waals surface area contributed by atoms with E-state index < -0.39 is 0 Å². The summed E-state index contributed by atoms with van der Waals surface area (Å²) in [5.74, 6) is 1.94. The molecule has 0 aromatic heterocycles. The van der Waals surface area contributed by atoms with Crippen molar-refractivity contribution >= 4 is 23.3 Å². The molecule has 2 atom stereocenters. The Morgan fingerprint density at radius 2 is 1.90 bits per heavy atom. The summed E-state index contributed by atoms with van der Waals surface area (Å²) in [6.45, 7) is 2.22. The van der Waals surface area contributed by atoms with E-state index in [0.717, 1.165) is 55.8 Å². The Kier molecular flexibility index (Phi) is 10.5. The van der Waals surface area contributed by atoms with Crippen molar-refractivity contribution in [3.8, 4) is 0 Å². The van der Waals surface area contributed by atoms with Gasteiger partial charge in [0.05, 0.1) is 11.8 Å². The Morgan fingerprint density at radius 3 is 2.74 bits per heavy atom. The second-order valence-corrected chi connectivity index (χ2v) is 9.44. The van der Waals surface area contributed by atoms with E-state index in [1.165, 1.54) is 37.7 Å². The summed E-state index contributed by atoms with van der Waals surface area (Å²) in [6, 6.07) is 10.4. The number of benzene rings is 1. The highest BCUT2D eigenvalue weighted by molar-refractivity contribution is 8.00. The van der Waals surface area contributed by atoms with Gasteiger partial charge in [-0.3, -0.25) is 5.43 Å². The average Bonchev–Trinajstić information content (AvgIpc) is 3.21. The van der Waals surface area contributed by atoms with Gasteiger partial charge in [0.1, 0.15) is 5.84 Å². The molecule has 0 spiro atoms. The van der Waals surface area contributed by atoms with E-state index in [2.05, 4.69) is 58.9 Å². The molecule has 1 aromatic carbocycles. The van der Waals surface area contributed by atoms with Gasteiger partial charge in [-0.15, -0.1) is 11.8 Å². The van der Waals surface area contributed by atoms with E-state index in [1.807, 2.05) is 17.8 Å². The summed E-state index contributed by atoms with van der Waals surface area (Å²) in [7, 11) is 0. The number of thioether (sulfide) groups is 1. The molecular weight excluding hydrogens is 404 g/mol. The fourth-order valence-corrected chi connectivity index (χ4v) is 4.83. The van der Waals surface area contributed by atoms with Gasteiger partial charge >= 0.3 is 0 Å². The minimum atomic E-state index is -0.156. The fraction of sp³-hybridized carbons (Fsp3) is 0.600. The summed E-state index contributed by atoms with van der Waals surface area (Å²) in [5, 5.41) is 21.6. The number of unbranched alkanes of at least 4 members (excludes halogenated alkanes) is 5. The van der Waals surface area contributed by atoms with E-state index in [-0.39, 0.29) is 11.6 Å². The number of amidine groups is 1. The smallest absolute Gasteiger partial charge is 0.185 e. The van der Waals surface area contributed by atoms with E-state index in [1.54, 1.807) is 0 Å². The Labute approximate surface area is 192 Å². The van der Waals surface area contributed by atoms with E-state index in [0.29, 0.717) is 0 Å². The van der Waals surface area contributed by atoms with Crippen LogP contribution in [0.15, 0.2) is 52.7 Å². The third-order valence-corrected chi connectivity index (χ3v) is 6.81. The molecule has 0 saturated heterocycles. The highest BCUT2D eigenvalue weighted by Gasteiger charge is 2.31. The molecule has 5 nitrogen and oxygen atoms in total. The van der Waals surface area contributed by atoms with Crippen LogP contribution in [0.2, 0.25) is 0 Å². The van der Waals surface area contributed by atoms with Crippen LogP contribution in [0.4, 0.5) is 0 Å². The Bertz CT molecular complexity index is 734. The molecule has 0 saturated carbocycles. The van der Waals surface area contributed by atoms with Crippen LogP contribution in [0.5, 0.6) is 0 Å². The molecule has 2 unspecified atom stereocenters. The lowest BCUT2D eigenvalue weighted by atomic mass is 10.0. The van der Waals surface area contributed by atoms with Gasteiger partial charge in [0.15, 0.2) is 5.50 Å². The number of aliphatic hydroxyl groups excluding tert-OH is 1. The van der Waals surface area contributed by atoms with Crippen LogP contribution in [0.3, 0.4) is 0 Å². The maximum Gasteiger partial charge on any atom is 0.185 e. The quantitative estimate of drug-likeness (QED) is 0.279. The van der Waals surface area contributed by atoms with Gasteiger partial charge < -0.3 is 5.11 Å². The molecular formula is C25H38N4OS. The number of nitrogens with zero attached hydrogens (tertiary/aromatic N) is 3. The molecule has 2 N–H and O–H groups in total. The number of hydrogen-bond donors (Lipinski definition) is 2. The molecule has 170 valence electrons. The SMILES string of the molecule is CCCC/C=C\CCC(O)CCCCCCC1=NNC2SCC(c3ccccc3)=NN12. The lowest BCUT2D eigenvalue weighted by Crippen LogP contribution is -2.39. The molecule has 0 radical (unpaired) electrons. The zero-order chi connectivity index (χ0) is 21.7. The van der Waals surface area contributed by atoms with Crippen molar-refractivity contribution in [2.75, 3.05) is 5.75 Å². The van der Waals surface area contributed by atoms with Crippen molar-refractivity contribution in [1.82, 2.24) is 10.4 Å². The van der Waals surface area contributed by atoms with Crippen molar-refractivity contribution in [3.63, 3.8) is 0 Å². The Hall–Kier alpha value is -1.79. The molecule has 1 aromatic rings. The van der Waals surface area contributed by atoms with Crippen molar-refractivity contribution in [3.05, 3.63) is 48.0 Å². The predicted molar refractivity (Wildman–Crippen MR) is 133 cm³/mol. The molecule has 31 heavy (non-hydrogen) atoms. The molecule has 2 heterocycles. The van der Waals surface area contributed by atoms with Gasteiger partial charge in [-0.25, -0.2) is 5.01 Å². The number of hydrazone groups is 2. The van der Waals surface area contributed by atoms with Crippen molar-refractivity contribution < 1.29 is 5.11 Å². The molecule has 0 amide bonds. The largest absolute Gasteiger partial charge is 0.393 e. The normalized spacial score (nSPS) is 19.2. The zero-order valence-corrected chi connectivity index (χ0v) is 19.7. The number of nitrogens with one attached hydrogen (secondary N) is 1. The molecule has 3 rings (SSSR count). The van der Waals surface area contributed by atoms with Crippen molar-refractivity contribution in [1.29, 1.82) is 0 Å². The second-order valence-electron chi connectivity index (χ2n) is 8.38. The van der Waals surface area contributed by atoms with Crippen molar-refractivity contribution in [2.24, 2.45) is 10.2 Å². The van der Waals surface area contributed by atoms with Gasteiger partial charge in [-0.1, -0.05) is 81.5 Å². The van der Waals surface area contributed by atoms with Gasteiger partial charge in [0.25, 0.3) is 0 Å². The van der Waals surface area contributed by atoms with Crippen LogP contribution in [-0.2, 0) is 0 Å². The first-order chi connectivity index (χ1) is 15.3. The number of allylic oxidation sites excluding steroid dienone is 2. The summed E-state index contributed by atoms with van der Waals surface area (Å²) >= 11 is 1.84. The lowest BCUT2D eigenvalue weighted by molar-refractivity contribution is 0.152. The van der Waals surface area contributed by atoms with Crippen LogP contribution in [-0.4, -0.2) is 39.0 Å². The molecule has 0 aliphatic carbocycles. The fourth-order valence-electron chi connectivity index (χ4n) is 3.86. The van der Waals surface area contributed by atoms with Crippen LogP contribution >= 0.6 is 11.8 Å². The molecule has 2 aliphatic heterocycles. The first kappa shape index (κ1) is 23.9. The molecule has 0 bridgehead atoms. The summed E-state index contributed by atoms with van der Waals surface area (Å²) in [4.78, 5) is 0. The maximum atomic E-state index is 10.1. The third-order valence-electron chi connectivity index (χ3n) is 5.75. The van der Waals surface area contributed by atoms with E-state index in [4.69, 9.17) is 5.10 Å². The monoisotopic (exact) mass is 442 g/mol. The molecule has 0 fully saturated rings. The number of hydrogen-bond acceptors (Lipinski definition) is 6. The highest BCUT2D eigenvalue weighted by Crippen LogP contribution is 2.27. The van der Waals surface area contributed by atoms with Crippen LogP contribution in [0, 0.1) is 0 Å². The van der Waals surface area contributed by atoms with Gasteiger partial charge in [-0.05, 0) is 37.7 Å². The zero-order valence-electron chi connectivity index (χ0n) is 18.9. The van der Waals surface area contributed by atoms with Crippen LogP contribution in [0.25, 0.3) is 0 Å². The van der Waals surface area contributed by atoms with Crippen molar-refractivity contribution in [2.45, 2.75) is 89.2 Å². The van der Waals surface area contributed by atoms with E-state index in [9.17, 15) is 5.11 Å². The van der Waals surface area contributed by atoms with Gasteiger partial charge in [0, 0.05) is 12.2 Å². The van der Waals surface area contributed by atoms with E-state index >= 15 is 0 Å². The topological polar surface area (TPSA) is 60.2 Å². The number of fused-ring (bicyclic) bond motifs is 1. The highest BCUT2D eigenvalue weighted by atomic mass is 32.2. The summed E-state index contributed by atoms with van der Waals surface area (Å²) in [5.41, 5.74) is 5.65. The standard InChI is InChI=1S/C25H38N4OS/c1-2-3-4-5-6-12-17-22(30)18-13-7-8-14-19-24-26-27-25-29(24)28-23(20-31-25)21-15-10-9-11-16-21/h5-6,9-11,15-16,22,25,27,30H,2-4,7-8,12-14,17-20H2,1H3/b6-5-. The number of rotatable bonds is 14. The average molecular weight is 443 g/mol. The maximum absolute atomic E-state index is 10.1. The van der Waals surface area contributed by atoms with Gasteiger partial charge in [-0.2, -0.15) is 10.2 Å².